The summed E-state index contributed by atoms with van der Waals surface area (Å²) in [5.41, 5.74) is -1.00. The predicted octanol–water partition coefficient (Wildman–Crippen LogP) is 8.20. The van der Waals surface area contributed by atoms with Crippen LogP contribution in [0.1, 0.15) is 22.3 Å². The summed E-state index contributed by atoms with van der Waals surface area (Å²) in [7, 11) is -8.78. The maximum absolute atomic E-state index is 13.1. The SMILES string of the molecule is O=S(=O)(Nc1cc(C(F)(F)F)ccc1Cl)c1ccc2c(c1)Cc1cc(S(=O)(=O)Nc3cc(C(F)(F)F)ccc3Cl)ccc1-2. The third kappa shape index (κ3) is 6.28. The van der Waals surface area contributed by atoms with Gasteiger partial charge >= 0.3 is 12.4 Å². The van der Waals surface area contributed by atoms with Crippen molar-refractivity contribution in [3.63, 3.8) is 0 Å². The standard InChI is InChI=1S/C27H16Cl2F6N2O4S2/c28-22-7-1-16(26(30,31)32)12-24(22)36-42(38,39)18-3-5-20-14(10-18)9-15-11-19(4-6-21(15)20)43(40,41)37-25-13-17(27(33,34)35)2-8-23(25)29/h1-8,10-13,36-37H,9H2. The molecule has 2 N–H and O–H groups in total. The third-order valence-electron chi connectivity index (χ3n) is 6.52. The zero-order valence-electron chi connectivity index (χ0n) is 21.1. The first-order chi connectivity index (χ1) is 19.8. The fourth-order valence-corrected chi connectivity index (χ4v) is 7.15. The van der Waals surface area contributed by atoms with Gasteiger partial charge in [0.2, 0.25) is 0 Å². The van der Waals surface area contributed by atoms with Gasteiger partial charge in [0.15, 0.2) is 0 Å². The summed E-state index contributed by atoms with van der Waals surface area (Å²) in [5, 5.41) is -0.502. The van der Waals surface area contributed by atoms with Gasteiger partial charge in [-0.25, -0.2) is 16.8 Å². The predicted molar refractivity (Wildman–Crippen MR) is 149 cm³/mol. The molecule has 0 amide bonds. The van der Waals surface area contributed by atoms with E-state index >= 15 is 0 Å². The molecule has 0 fully saturated rings. The van der Waals surface area contributed by atoms with Gasteiger partial charge in [0, 0.05) is 0 Å². The quantitative estimate of drug-likeness (QED) is 0.177. The van der Waals surface area contributed by atoms with Crippen LogP contribution in [-0.2, 0) is 38.8 Å². The molecule has 0 radical (unpaired) electrons. The number of rotatable bonds is 6. The molecule has 0 saturated heterocycles. The van der Waals surface area contributed by atoms with Gasteiger partial charge in [-0.05, 0) is 89.3 Å². The summed E-state index contributed by atoms with van der Waals surface area (Å²) >= 11 is 11.9. The smallest absolute Gasteiger partial charge is 0.278 e. The van der Waals surface area contributed by atoms with Crippen molar-refractivity contribution in [2.45, 2.75) is 28.6 Å². The van der Waals surface area contributed by atoms with Gasteiger partial charge < -0.3 is 0 Å². The van der Waals surface area contributed by atoms with Crippen LogP contribution in [0.5, 0.6) is 0 Å². The number of alkyl halides is 6. The van der Waals surface area contributed by atoms with Crippen molar-refractivity contribution in [1.82, 2.24) is 0 Å². The Bertz CT molecular complexity index is 1850. The van der Waals surface area contributed by atoms with Crippen molar-refractivity contribution in [2.24, 2.45) is 0 Å². The Balaban J connectivity index is 1.41. The average molecular weight is 681 g/mol. The molecule has 0 aliphatic heterocycles. The van der Waals surface area contributed by atoms with Crippen LogP contribution < -0.4 is 9.44 Å². The summed E-state index contributed by atoms with van der Waals surface area (Å²) in [4.78, 5) is -0.553. The van der Waals surface area contributed by atoms with Gasteiger partial charge in [-0.1, -0.05) is 35.3 Å². The van der Waals surface area contributed by atoms with E-state index in [0.29, 0.717) is 46.5 Å². The lowest BCUT2D eigenvalue weighted by Crippen LogP contribution is -2.15. The second-order valence-corrected chi connectivity index (χ2v) is 13.6. The fourth-order valence-electron chi connectivity index (χ4n) is 4.46. The van der Waals surface area contributed by atoms with Crippen LogP contribution in [-0.4, -0.2) is 16.8 Å². The van der Waals surface area contributed by atoms with Gasteiger partial charge in [-0.15, -0.1) is 0 Å². The Kier molecular flexibility index (Phi) is 7.65. The minimum absolute atomic E-state index is 0.0893. The minimum Gasteiger partial charge on any atom is -0.278 e. The van der Waals surface area contributed by atoms with Crippen LogP contribution in [0.25, 0.3) is 11.1 Å². The van der Waals surface area contributed by atoms with E-state index in [2.05, 4.69) is 9.44 Å². The largest absolute Gasteiger partial charge is 0.416 e. The Hall–Kier alpha value is -3.46. The molecule has 5 rings (SSSR count). The van der Waals surface area contributed by atoms with Crippen molar-refractivity contribution >= 4 is 54.6 Å². The van der Waals surface area contributed by atoms with Gasteiger partial charge in [0.1, 0.15) is 0 Å². The maximum Gasteiger partial charge on any atom is 0.416 e. The zero-order chi connectivity index (χ0) is 31.5. The van der Waals surface area contributed by atoms with Crippen LogP contribution in [0.15, 0.2) is 82.6 Å². The molecule has 0 spiro atoms. The Morgan fingerprint density at radius 3 is 1.28 bits per heavy atom. The second kappa shape index (κ2) is 10.6. The van der Waals surface area contributed by atoms with Crippen molar-refractivity contribution in [2.75, 3.05) is 9.44 Å². The monoisotopic (exact) mass is 680 g/mol. The molecule has 4 aromatic carbocycles. The molecule has 0 aromatic heterocycles. The first kappa shape index (κ1) is 31.0. The number of benzene rings is 4. The molecular weight excluding hydrogens is 665 g/mol. The molecule has 1 aliphatic rings. The normalized spacial score (nSPS) is 13.4. The zero-order valence-corrected chi connectivity index (χ0v) is 24.3. The van der Waals surface area contributed by atoms with Crippen molar-refractivity contribution in [1.29, 1.82) is 0 Å². The molecule has 43 heavy (non-hydrogen) atoms. The number of sulfonamides is 2. The number of nitrogens with one attached hydrogen (secondary N) is 2. The highest BCUT2D eigenvalue weighted by Gasteiger charge is 2.33. The summed E-state index contributed by atoms with van der Waals surface area (Å²) < 4.78 is 135. The third-order valence-corrected chi connectivity index (χ3v) is 9.91. The molecule has 16 heteroatoms. The van der Waals surface area contributed by atoms with E-state index in [1.807, 2.05) is 0 Å². The number of halogens is 8. The van der Waals surface area contributed by atoms with E-state index < -0.39 is 54.9 Å². The van der Waals surface area contributed by atoms with Gasteiger partial charge in [-0.2, -0.15) is 26.3 Å². The Labute approximate surface area is 251 Å². The lowest BCUT2D eigenvalue weighted by molar-refractivity contribution is -0.138. The molecule has 6 nitrogen and oxygen atoms in total. The Morgan fingerprint density at radius 2 is 0.930 bits per heavy atom. The summed E-state index contributed by atoms with van der Waals surface area (Å²) in [6.45, 7) is 0. The minimum atomic E-state index is -4.73. The lowest BCUT2D eigenvalue weighted by Gasteiger charge is -2.14. The highest BCUT2D eigenvalue weighted by molar-refractivity contribution is 7.93. The summed E-state index contributed by atoms with van der Waals surface area (Å²) in [6.07, 6.45) is -9.37. The van der Waals surface area contributed by atoms with Gasteiger partial charge in [0.05, 0.1) is 42.3 Å². The van der Waals surface area contributed by atoms with E-state index in [1.165, 1.54) is 36.4 Å². The highest BCUT2D eigenvalue weighted by Crippen LogP contribution is 2.40. The van der Waals surface area contributed by atoms with E-state index in [-0.39, 0.29) is 26.3 Å². The van der Waals surface area contributed by atoms with Gasteiger partial charge in [-0.3, -0.25) is 9.44 Å². The van der Waals surface area contributed by atoms with Crippen molar-refractivity contribution in [3.8, 4) is 11.1 Å². The van der Waals surface area contributed by atoms with Crippen LogP contribution in [0.4, 0.5) is 37.7 Å². The molecule has 226 valence electrons. The van der Waals surface area contributed by atoms with E-state index in [4.69, 9.17) is 23.2 Å². The van der Waals surface area contributed by atoms with Crippen LogP contribution in [0, 0.1) is 0 Å². The number of anilines is 2. The molecule has 0 heterocycles. The van der Waals surface area contributed by atoms with E-state index in [0.717, 1.165) is 12.1 Å². The van der Waals surface area contributed by atoms with Crippen LogP contribution in [0.3, 0.4) is 0 Å². The molecular formula is C27H16Cl2F6N2O4S2. The number of hydrogen-bond acceptors (Lipinski definition) is 4. The molecule has 0 saturated carbocycles. The molecule has 4 aromatic rings. The average Bonchev–Trinajstić information content (AvgIpc) is 3.27. The maximum atomic E-state index is 13.1. The van der Waals surface area contributed by atoms with E-state index in [1.54, 1.807) is 0 Å². The van der Waals surface area contributed by atoms with Crippen LogP contribution in [0.2, 0.25) is 10.0 Å². The second-order valence-electron chi connectivity index (χ2n) is 9.41. The van der Waals surface area contributed by atoms with Crippen molar-refractivity contribution in [3.05, 3.63) is 105 Å². The fraction of sp³-hybridized carbons (Fsp3) is 0.111. The number of hydrogen-bond donors (Lipinski definition) is 2. The van der Waals surface area contributed by atoms with E-state index in [9.17, 15) is 43.2 Å². The van der Waals surface area contributed by atoms with Gasteiger partial charge in [0.25, 0.3) is 20.0 Å². The van der Waals surface area contributed by atoms with Crippen molar-refractivity contribution < 1.29 is 43.2 Å². The first-order valence-corrected chi connectivity index (χ1v) is 15.6. The Morgan fingerprint density at radius 1 is 0.558 bits per heavy atom. The summed E-state index contributed by atoms with van der Waals surface area (Å²) in [5.74, 6) is 0. The molecule has 0 bridgehead atoms. The topological polar surface area (TPSA) is 92.3 Å². The number of fused-ring (bicyclic) bond motifs is 3. The van der Waals surface area contributed by atoms with Crippen LogP contribution >= 0.6 is 23.2 Å². The summed E-state index contributed by atoms with van der Waals surface area (Å²) in [6, 6.07) is 12.4. The molecule has 1 aliphatic carbocycles. The molecule has 0 unspecified atom stereocenters. The lowest BCUT2D eigenvalue weighted by atomic mass is 10.1. The molecule has 0 atom stereocenters. The first-order valence-electron chi connectivity index (χ1n) is 11.9. The highest BCUT2D eigenvalue weighted by atomic mass is 35.5.